The monoisotopic (exact) mass is 521 g/mol. The highest BCUT2D eigenvalue weighted by Crippen LogP contribution is 2.31. The number of aryl methyl sites for hydroxylation is 1. The zero-order valence-corrected chi connectivity index (χ0v) is 19.5. The molecule has 0 fully saturated rings. The second-order valence-corrected chi connectivity index (χ2v) is 9.93. The number of aromatic nitrogens is 3. The van der Waals surface area contributed by atoms with Crippen molar-refractivity contribution < 1.29 is 31.3 Å². The molecule has 188 valence electrons. The van der Waals surface area contributed by atoms with E-state index in [1.165, 1.54) is 36.1 Å². The largest absolute Gasteiger partial charge is 0.494 e. The third-order valence-electron chi connectivity index (χ3n) is 5.20. The van der Waals surface area contributed by atoms with Crippen LogP contribution in [0.25, 0.3) is 10.9 Å². The summed E-state index contributed by atoms with van der Waals surface area (Å²) in [5.74, 6) is -1.22. The first-order valence-electron chi connectivity index (χ1n) is 10.4. The van der Waals surface area contributed by atoms with Crippen molar-refractivity contribution in [1.29, 1.82) is 4.78 Å². The molecular weight excluding hydrogens is 502 g/mol. The molecule has 0 aliphatic carbocycles. The maximum atomic E-state index is 13.1. The summed E-state index contributed by atoms with van der Waals surface area (Å²) in [5, 5.41) is 7.43. The first-order chi connectivity index (χ1) is 17.0. The SMILES string of the molecule is COc1cc2nn(CCS(=N)(=O)c3ccc(F)cc3)cc2cc1NC(=O)c1cccc(C(F)(F)F)n1. The van der Waals surface area contributed by atoms with Gasteiger partial charge in [0.05, 0.1) is 40.3 Å². The Morgan fingerprint density at radius 1 is 1.17 bits per heavy atom. The average molecular weight is 521 g/mol. The van der Waals surface area contributed by atoms with Crippen molar-refractivity contribution in [2.24, 2.45) is 0 Å². The van der Waals surface area contributed by atoms with Gasteiger partial charge in [-0.2, -0.15) is 18.3 Å². The first-order valence-corrected chi connectivity index (χ1v) is 12.1. The summed E-state index contributed by atoms with van der Waals surface area (Å²) in [6.07, 6.45) is -3.09. The fourth-order valence-corrected chi connectivity index (χ4v) is 4.64. The van der Waals surface area contributed by atoms with Crippen molar-refractivity contribution in [3.05, 3.63) is 78.0 Å². The number of alkyl halides is 3. The van der Waals surface area contributed by atoms with Crippen molar-refractivity contribution in [3.8, 4) is 5.75 Å². The number of methoxy groups -OCH3 is 1. The third-order valence-corrected chi connectivity index (χ3v) is 6.99. The highest BCUT2D eigenvalue weighted by Gasteiger charge is 2.33. The minimum Gasteiger partial charge on any atom is -0.494 e. The smallest absolute Gasteiger partial charge is 0.433 e. The van der Waals surface area contributed by atoms with Crippen molar-refractivity contribution in [2.45, 2.75) is 17.6 Å². The van der Waals surface area contributed by atoms with E-state index in [0.717, 1.165) is 30.3 Å². The molecule has 2 aromatic carbocycles. The third kappa shape index (κ3) is 5.46. The van der Waals surface area contributed by atoms with Crippen LogP contribution in [0.5, 0.6) is 5.75 Å². The fraction of sp³-hybridized carbons (Fsp3) is 0.174. The maximum absolute atomic E-state index is 13.1. The zero-order chi connectivity index (χ0) is 26.1. The molecule has 0 saturated carbocycles. The summed E-state index contributed by atoms with van der Waals surface area (Å²) in [6, 6.07) is 11.0. The summed E-state index contributed by atoms with van der Waals surface area (Å²) in [6.45, 7) is 0.118. The van der Waals surface area contributed by atoms with Crippen molar-refractivity contribution in [2.75, 3.05) is 18.2 Å². The molecule has 0 radical (unpaired) electrons. The predicted molar refractivity (Wildman–Crippen MR) is 124 cm³/mol. The van der Waals surface area contributed by atoms with Crippen LogP contribution in [0, 0.1) is 10.6 Å². The van der Waals surface area contributed by atoms with Crippen molar-refractivity contribution in [1.82, 2.24) is 14.8 Å². The van der Waals surface area contributed by atoms with Gasteiger partial charge in [-0.15, -0.1) is 0 Å². The van der Waals surface area contributed by atoms with E-state index in [1.54, 1.807) is 6.20 Å². The highest BCUT2D eigenvalue weighted by molar-refractivity contribution is 7.92. The molecule has 4 aromatic rings. The Labute approximate surface area is 202 Å². The van der Waals surface area contributed by atoms with E-state index in [4.69, 9.17) is 9.52 Å². The van der Waals surface area contributed by atoms with Gasteiger partial charge in [0.1, 0.15) is 23.0 Å². The fourth-order valence-electron chi connectivity index (χ4n) is 3.38. The Morgan fingerprint density at radius 3 is 2.56 bits per heavy atom. The Kier molecular flexibility index (Phi) is 6.67. The van der Waals surface area contributed by atoms with Crippen molar-refractivity contribution in [3.63, 3.8) is 0 Å². The minimum absolute atomic E-state index is 0.0748. The summed E-state index contributed by atoms with van der Waals surface area (Å²) < 4.78 is 79.6. The predicted octanol–water partition coefficient (Wildman–Crippen LogP) is 4.96. The van der Waals surface area contributed by atoms with E-state index in [-0.39, 0.29) is 28.6 Å². The van der Waals surface area contributed by atoms with Crippen LogP contribution in [0.2, 0.25) is 0 Å². The van der Waals surface area contributed by atoms with Gasteiger partial charge in [-0.25, -0.2) is 18.4 Å². The molecule has 13 heteroatoms. The van der Waals surface area contributed by atoms with Gasteiger partial charge in [-0.3, -0.25) is 9.48 Å². The molecule has 4 rings (SSSR count). The number of pyridine rings is 1. The van der Waals surface area contributed by atoms with Crippen LogP contribution < -0.4 is 10.1 Å². The number of amides is 1. The van der Waals surface area contributed by atoms with Gasteiger partial charge in [0.15, 0.2) is 0 Å². The molecule has 1 atom stereocenters. The minimum atomic E-state index is -4.69. The number of rotatable bonds is 7. The van der Waals surface area contributed by atoms with Crippen LogP contribution in [0.1, 0.15) is 16.2 Å². The second-order valence-electron chi connectivity index (χ2n) is 7.70. The number of nitrogens with zero attached hydrogens (tertiary/aromatic N) is 3. The van der Waals surface area contributed by atoms with E-state index >= 15 is 0 Å². The molecule has 0 aliphatic rings. The van der Waals surface area contributed by atoms with Crippen LogP contribution in [0.4, 0.5) is 23.2 Å². The van der Waals surface area contributed by atoms with Gasteiger partial charge in [0.2, 0.25) is 0 Å². The van der Waals surface area contributed by atoms with Crippen LogP contribution in [0.15, 0.2) is 65.7 Å². The topological polar surface area (TPSA) is 110 Å². The lowest BCUT2D eigenvalue weighted by atomic mass is 10.2. The number of hydrogen-bond acceptors (Lipinski definition) is 6. The van der Waals surface area contributed by atoms with Crippen molar-refractivity contribution >= 4 is 32.2 Å². The molecule has 0 aliphatic heterocycles. The number of benzene rings is 2. The van der Waals surface area contributed by atoms with Crippen LogP contribution in [-0.2, 0) is 22.5 Å². The van der Waals surface area contributed by atoms with Gasteiger partial charge in [0.25, 0.3) is 5.91 Å². The quantitative estimate of drug-likeness (QED) is 0.334. The van der Waals surface area contributed by atoms with E-state index in [9.17, 15) is 26.6 Å². The average Bonchev–Trinajstić information content (AvgIpc) is 3.24. The molecule has 1 unspecified atom stereocenters. The molecule has 0 bridgehead atoms. The van der Waals surface area contributed by atoms with Gasteiger partial charge in [-0.1, -0.05) is 6.07 Å². The second kappa shape index (κ2) is 9.57. The molecule has 2 heterocycles. The molecule has 2 aromatic heterocycles. The number of nitrogens with one attached hydrogen (secondary N) is 2. The Morgan fingerprint density at radius 2 is 1.89 bits per heavy atom. The lowest BCUT2D eigenvalue weighted by Crippen LogP contribution is -2.17. The number of hydrogen-bond donors (Lipinski definition) is 2. The number of carbonyl (C=O) groups excluding carboxylic acids is 1. The number of halogens is 4. The van der Waals surface area contributed by atoms with E-state index in [2.05, 4.69) is 15.4 Å². The molecular formula is C23H19F4N5O3S. The van der Waals surface area contributed by atoms with Gasteiger partial charge in [-0.05, 0) is 42.5 Å². The highest BCUT2D eigenvalue weighted by atomic mass is 32.2. The van der Waals surface area contributed by atoms with Gasteiger partial charge >= 0.3 is 6.18 Å². The lowest BCUT2D eigenvalue weighted by molar-refractivity contribution is -0.141. The summed E-state index contributed by atoms with van der Waals surface area (Å²) in [5.41, 5.74) is -0.955. The Hall–Kier alpha value is -4.00. The summed E-state index contributed by atoms with van der Waals surface area (Å²) >= 11 is 0. The first kappa shape index (κ1) is 25.1. The maximum Gasteiger partial charge on any atom is 0.433 e. The molecule has 2 N–H and O–H groups in total. The lowest BCUT2D eigenvalue weighted by Gasteiger charge is -2.11. The summed E-state index contributed by atoms with van der Waals surface area (Å²) in [4.78, 5) is 16.2. The summed E-state index contributed by atoms with van der Waals surface area (Å²) in [7, 11) is -1.84. The number of carbonyl (C=O) groups is 1. The van der Waals surface area contributed by atoms with Crippen LogP contribution in [0.3, 0.4) is 0 Å². The molecule has 36 heavy (non-hydrogen) atoms. The zero-order valence-electron chi connectivity index (χ0n) is 18.7. The van der Waals surface area contributed by atoms with E-state index in [0.29, 0.717) is 10.9 Å². The van der Waals surface area contributed by atoms with Crippen LogP contribution in [-0.4, -0.2) is 37.7 Å². The Balaban J connectivity index is 1.55. The number of anilines is 1. The molecule has 8 nitrogen and oxygen atoms in total. The number of ether oxygens (including phenoxy) is 1. The molecule has 0 spiro atoms. The van der Waals surface area contributed by atoms with Gasteiger partial charge < -0.3 is 10.1 Å². The number of fused-ring (bicyclic) bond motifs is 1. The normalized spacial score (nSPS) is 13.4. The van der Waals surface area contributed by atoms with Crippen LogP contribution >= 0.6 is 0 Å². The Bertz CT molecular complexity index is 1530. The van der Waals surface area contributed by atoms with Gasteiger partial charge in [0, 0.05) is 22.5 Å². The standard InChI is InChI=1S/C23H19F4N5O3S/c1-35-20-12-18-14(11-19(20)30-22(33)17-3-2-4-21(29-17)23(25,26)27)13-32(31-18)9-10-36(28,34)16-7-5-15(24)6-8-16/h2-8,11-13,28H,9-10H2,1H3,(H,30,33). The molecule has 0 saturated heterocycles. The molecule has 1 amide bonds. The van der Waals surface area contributed by atoms with E-state index < -0.39 is 39.0 Å². The van der Waals surface area contributed by atoms with E-state index in [1.807, 2.05) is 0 Å².